The number of hydrogen-bond acceptors (Lipinski definition) is 3. The summed E-state index contributed by atoms with van der Waals surface area (Å²) in [6.45, 7) is 5.23. The van der Waals surface area contributed by atoms with Crippen LogP contribution >= 0.6 is 15.9 Å². The van der Waals surface area contributed by atoms with Crippen LogP contribution in [0.15, 0.2) is 46.9 Å². The Hall–Kier alpha value is -2.08. The second-order valence-electron chi connectivity index (χ2n) is 11.1. The minimum atomic E-state index is -2.17. The van der Waals surface area contributed by atoms with Gasteiger partial charge in [0.05, 0.1) is 17.7 Å². The van der Waals surface area contributed by atoms with Crippen LogP contribution in [-0.4, -0.2) is 30.0 Å². The fourth-order valence-electron chi connectivity index (χ4n) is 5.55. The molecule has 2 aromatic carbocycles. The number of halogens is 2. The van der Waals surface area contributed by atoms with Crippen molar-refractivity contribution in [1.29, 1.82) is 0 Å². The van der Waals surface area contributed by atoms with Crippen LogP contribution in [0.2, 0.25) is 0 Å². The van der Waals surface area contributed by atoms with E-state index in [0.29, 0.717) is 31.6 Å². The van der Waals surface area contributed by atoms with Crippen LogP contribution in [0.1, 0.15) is 97.3 Å². The van der Waals surface area contributed by atoms with E-state index in [2.05, 4.69) is 35.0 Å². The van der Waals surface area contributed by atoms with Crippen LogP contribution in [0.3, 0.4) is 0 Å². The van der Waals surface area contributed by atoms with Crippen molar-refractivity contribution in [1.82, 2.24) is 0 Å². The van der Waals surface area contributed by atoms with Gasteiger partial charge < -0.3 is 14.6 Å². The molecule has 0 bridgehead atoms. The topological polar surface area (TPSA) is 55.8 Å². The third kappa shape index (κ3) is 9.51. The van der Waals surface area contributed by atoms with Crippen molar-refractivity contribution >= 4 is 21.9 Å². The second kappa shape index (κ2) is 16.2. The van der Waals surface area contributed by atoms with Crippen molar-refractivity contribution in [3.05, 3.63) is 46.9 Å². The van der Waals surface area contributed by atoms with Crippen molar-refractivity contribution in [2.24, 2.45) is 11.8 Å². The molecule has 0 amide bonds. The summed E-state index contributed by atoms with van der Waals surface area (Å²) in [6.07, 6.45) is 12.3. The number of ether oxygens (including phenoxy) is 2. The van der Waals surface area contributed by atoms with Crippen LogP contribution in [0, 0.1) is 11.8 Å². The Morgan fingerprint density at radius 3 is 2.28 bits per heavy atom. The van der Waals surface area contributed by atoms with Gasteiger partial charge in [0.2, 0.25) is 5.67 Å². The first-order valence-corrected chi connectivity index (χ1v) is 15.7. The van der Waals surface area contributed by atoms with Gasteiger partial charge >= 0.3 is 5.97 Å². The zero-order valence-electron chi connectivity index (χ0n) is 23.7. The molecule has 0 spiro atoms. The third-order valence-corrected chi connectivity index (χ3v) is 8.75. The van der Waals surface area contributed by atoms with Gasteiger partial charge in [0, 0.05) is 5.92 Å². The lowest BCUT2D eigenvalue weighted by Gasteiger charge is -2.35. The largest absolute Gasteiger partial charge is 0.493 e. The Bertz CT molecular complexity index is 1010. The molecule has 0 saturated heterocycles. The van der Waals surface area contributed by atoms with E-state index in [0.717, 1.165) is 53.6 Å². The minimum Gasteiger partial charge on any atom is -0.493 e. The van der Waals surface area contributed by atoms with E-state index >= 15 is 4.39 Å². The molecule has 1 N–H and O–H groups in total. The molecular formula is C33H46BrFO4. The molecule has 1 aliphatic carbocycles. The first-order chi connectivity index (χ1) is 18.9. The second-order valence-corrected chi connectivity index (χ2v) is 11.9. The molecule has 1 aliphatic rings. The van der Waals surface area contributed by atoms with E-state index < -0.39 is 17.6 Å². The molecule has 1 fully saturated rings. The maximum atomic E-state index is 15.7. The molecular weight excluding hydrogens is 559 g/mol. The SMILES string of the molecule is CCCCCCCCOc1ccc(-c2ccc(OCC(CC)C[C@@](F)(C(=O)O)C3CCCCC3)cc2)cc1Br. The Morgan fingerprint density at radius 2 is 1.64 bits per heavy atom. The Balaban J connectivity index is 1.51. The van der Waals surface area contributed by atoms with Gasteiger partial charge in [0.25, 0.3) is 0 Å². The molecule has 6 heteroatoms. The number of rotatable bonds is 17. The van der Waals surface area contributed by atoms with E-state index in [4.69, 9.17) is 9.47 Å². The highest BCUT2D eigenvalue weighted by Crippen LogP contribution is 2.40. The van der Waals surface area contributed by atoms with Gasteiger partial charge in [-0.1, -0.05) is 83.4 Å². The van der Waals surface area contributed by atoms with Crippen molar-refractivity contribution in [3.63, 3.8) is 0 Å². The third-order valence-electron chi connectivity index (χ3n) is 8.13. The summed E-state index contributed by atoms with van der Waals surface area (Å²) in [6, 6.07) is 14.0. The van der Waals surface area contributed by atoms with Gasteiger partial charge in [-0.2, -0.15) is 0 Å². The summed E-state index contributed by atoms with van der Waals surface area (Å²) in [5, 5.41) is 9.75. The van der Waals surface area contributed by atoms with E-state index in [1.165, 1.54) is 32.1 Å². The summed E-state index contributed by atoms with van der Waals surface area (Å²) in [5.41, 5.74) is -0.0434. The maximum absolute atomic E-state index is 15.7. The maximum Gasteiger partial charge on any atom is 0.341 e. The number of benzene rings is 2. The fraction of sp³-hybridized carbons (Fsp3) is 0.606. The quantitative estimate of drug-likeness (QED) is 0.182. The highest BCUT2D eigenvalue weighted by molar-refractivity contribution is 9.10. The first-order valence-electron chi connectivity index (χ1n) is 14.9. The standard InChI is InChI=1S/C33H46BrFO4/c1-3-5-6-7-8-12-21-38-31-20-17-27(22-30(31)34)26-15-18-29(19-16-26)39-24-25(4-2)23-33(35,32(36)37)28-13-10-9-11-14-28/h15-20,22,25,28H,3-14,21,23-24H2,1-2H3,(H,36,37)/t25?,33-/m0/s1. The number of hydrogen-bond donors (Lipinski definition) is 1. The van der Waals surface area contributed by atoms with Gasteiger partial charge in [-0.15, -0.1) is 0 Å². The zero-order chi connectivity index (χ0) is 28.1. The number of alkyl halides is 1. The van der Waals surface area contributed by atoms with E-state index in [1.807, 2.05) is 37.3 Å². The molecule has 3 rings (SSSR count). The van der Waals surface area contributed by atoms with Gasteiger partial charge in [-0.25, -0.2) is 9.18 Å². The molecule has 0 radical (unpaired) electrons. The highest BCUT2D eigenvalue weighted by Gasteiger charge is 2.47. The van der Waals surface area contributed by atoms with Crippen molar-refractivity contribution in [2.45, 2.75) is 103 Å². The number of carboxylic acid groups (broad SMARTS) is 1. The summed E-state index contributed by atoms with van der Waals surface area (Å²) in [5.74, 6) is -0.317. The summed E-state index contributed by atoms with van der Waals surface area (Å²) >= 11 is 3.65. The van der Waals surface area contributed by atoms with Gasteiger partial charge in [0.15, 0.2) is 0 Å². The molecule has 4 nitrogen and oxygen atoms in total. The Labute approximate surface area is 242 Å². The lowest BCUT2D eigenvalue weighted by Crippen LogP contribution is -2.44. The Morgan fingerprint density at radius 1 is 0.974 bits per heavy atom. The van der Waals surface area contributed by atoms with Crippen LogP contribution in [0.25, 0.3) is 11.1 Å². The highest BCUT2D eigenvalue weighted by atomic mass is 79.9. The molecule has 0 aliphatic heterocycles. The molecule has 0 aromatic heterocycles. The van der Waals surface area contributed by atoms with Gasteiger partial charge in [0.1, 0.15) is 11.5 Å². The number of unbranched alkanes of at least 4 members (excludes halogenated alkanes) is 5. The Kier molecular flexibility index (Phi) is 13.1. The average molecular weight is 606 g/mol. The van der Waals surface area contributed by atoms with Crippen molar-refractivity contribution in [2.75, 3.05) is 13.2 Å². The molecule has 1 saturated carbocycles. The van der Waals surface area contributed by atoms with Gasteiger partial charge in [-0.3, -0.25) is 0 Å². The smallest absolute Gasteiger partial charge is 0.341 e. The molecule has 1 unspecified atom stereocenters. The predicted octanol–water partition coefficient (Wildman–Crippen LogP) is 10.0. The first kappa shape index (κ1) is 31.4. The number of carboxylic acids is 1. The van der Waals surface area contributed by atoms with E-state index in [1.54, 1.807) is 0 Å². The lowest BCUT2D eigenvalue weighted by molar-refractivity contribution is -0.158. The van der Waals surface area contributed by atoms with Crippen LogP contribution in [-0.2, 0) is 4.79 Å². The van der Waals surface area contributed by atoms with Crippen molar-refractivity contribution in [3.8, 4) is 22.6 Å². The molecule has 2 aromatic rings. The summed E-state index contributed by atoms with van der Waals surface area (Å²) in [7, 11) is 0. The van der Waals surface area contributed by atoms with Crippen LogP contribution < -0.4 is 9.47 Å². The monoisotopic (exact) mass is 604 g/mol. The normalized spacial score (nSPS) is 16.4. The average Bonchev–Trinajstić information content (AvgIpc) is 2.96. The summed E-state index contributed by atoms with van der Waals surface area (Å²) in [4.78, 5) is 11.9. The lowest BCUT2D eigenvalue weighted by atomic mass is 9.74. The van der Waals surface area contributed by atoms with Gasteiger partial charge in [-0.05, 0) is 89.3 Å². The fourth-order valence-corrected chi connectivity index (χ4v) is 6.04. The molecule has 216 valence electrons. The minimum absolute atomic E-state index is 0.00286. The van der Waals surface area contributed by atoms with Crippen LogP contribution in [0.4, 0.5) is 4.39 Å². The zero-order valence-corrected chi connectivity index (χ0v) is 25.3. The molecule has 39 heavy (non-hydrogen) atoms. The number of aliphatic carboxylic acids is 1. The van der Waals surface area contributed by atoms with E-state index in [9.17, 15) is 9.90 Å². The molecule has 2 atom stereocenters. The summed E-state index contributed by atoms with van der Waals surface area (Å²) < 4.78 is 28.7. The van der Waals surface area contributed by atoms with E-state index in [-0.39, 0.29) is 12.3 Å². The van der Waals surface area contributed by atoms with Crippen LogP contribution in [0.5, 0.6) is 11.5 Å². The van der Waals surface area contributed by atoms with Crippen molar-refractivity contribution < 1.29 is 23.8 Å². The predicted molar refractivity (Wildman–Crippen MR) is 160 cm³/mol. The molecule has 0 heterocycles. The number of carbonyl (C=O) groups is 1.